The van der Waals surface area contributed by atoms with Gasteiger partial charge in [-0.2, -0.15) is 0 Å². The number of thiophene rings is 1. The molecule has 2 heterocycles. The van der Waals surface area contributed by atoms with E-state index in [1.54, 1.807) is 11.3 Å². The molecule has 1 amide bonds. The molecule has 4 rings (SSSR count). The number of ether oxygens (including phenoxy) is 2. The number of hydrogen-bond acceptors (Lipinski definition) is 4. The van der Waals surface area contributed by atoms with E-state index in [-0.39, 0.29) is 18.2 Å². The van der Waals surface area contributed by atoms with Crippen LogP contribution in [0.5, 0.6) is 11.5 Å². The van der Waals surface area contributed by atoms with Gasteiger partial charge in [-0.05, 0) is 42.0 Å². The van der Waals surface area contributed by atoms with E-state index in [0.717, 1.165) is 47.6 Å². The monoisotopic (exact) mass is 329 g/mol. The Balaban J connectivity index is 1.57. The van der Waals surface area contributed by atoms with E-state index in [1.807, 2.05) is 29.6 Å². The third kappa shape index (κ3) is 2.81. The summed E-state index contributed by atoms with van der Waals surface area (Å²) < 4.78 is 10.9. The first-order valence-electron chi connectivity index (χ1n) is 7.99. The van der Waals surface area contributed by atoms with Crippen molar-refractivity contribution in [2.45, 2.75) is 37.6 Å². The van der Waals surface area contributed by atoms with Crippen LogP contribution in [0.3, 0.4) is 0 Å². The van der Waals surface area contributed by atoms with Gasteiger partial charge in [0.15, 0.2) is 11.5 Å². The molecule has 4 nitrogen and oxygen atoms in total. The highest BCUT2D eigenvalue weighted by atomic mass is 32.1. The summed E-state index contributed by atoms with van der Waals surface area (Å²) in [6, 6.07) is 10.0. The van der Waals surface area contributed by atoms with Gasteiger partial charge in [0.2, 0.25) is 12.7 Å². The molecule has 1 aliphatic heterocycles. The van der Waals surface area contributed by atoms with Crippen molar-refractivity contribution in [1.29, 1.82) is 0 Å². The van der Waals surface area contributed by atoms with Crippen molar-refractivity contribution in [3.63, 3.8) is 0 Å². The minimum Gasteiger partial charge on any atom is -0.454 e. The van der Waals surface area contributed by atoms with Gasteiger partial charge in [-0.1, -0.05) is 25.0 Å². The van der Waals surface area contributed by atoms with E-state index >= 15 is 0 Å². The van der Waals surface area contributed by atoms with E-state index in [4.69, 9.17) is 9.47 Å². The Morgan fingerprint density at radius 1 is 1.17 bits per heavy atom. The summed E-state index contributed by atoms with van der Waals surface area (Å²) >= 11 is 1.62. The fourth-order valence-electron chi connectivity index (χ4n) is 3.54. The second kappa shape index (κ2) is 5.89. The van der Waals surface area contributed by atoms with Gasteiger partial charge in [-0.3, -0.25) is 4.79 Å². The molecular weight excluding hydrogens is 310 g/mol. The molecule has 0 saturated heterocycles. The Kier molecular flexibility index (Phi) is 3.73. The molecule has 0 spiro atoms. The second-order valence-electron chi connectivity index (χ2n) is 6.16. The molecule has 1 fully saturated rings. The predicted octanol–water partition coefficient (Wildman–Crippen LogP) is 3.61. The highest BCUT2D eigenvalue weighted by Gasteiger charge is 2.37. The van der Waals surface area contributed by atoms with Gasteiger partial charge in [0, 0.05) is 4.88 Å². The molecular formula is C18H19NO3S. The van der Waals surface area contributed by atoms with E-state index < -0.39 is 0 Å². The van der Waals surface area contributed by atoms with Crippen LogP contribution in [0.2, 0.25) is 0 Å². The normalized spacial score (nSPS) is 18.1. The van der Waals surface area contributed by atoms with Gasteiger partial charge in [0.1, 0.15) is 0 Å². The lowest BCUT2D eigenvalue weighted by Crippen LogP contribution is -2.44. The highest BCUT2D eigenvalue weighted by Crippen LogP contribution is 2.43. The molecule has 0 bridgehead atoms. The lowest BCUT2D eigenvalue weighted by molar-refractivity contribution is -0.122. The summed E-state index contributed by atoms with van der Waals surface area (Å²) in [5, 5.41) is 5.32. The number of amides is 1. The molecule has 2 aromatic rings. The Morgan fingerprint density at radius 3 is 2.78 bits per heavy atom. The summed E-state index contributed by atoms with van der Waals surface area (Å²) in [7, 11) is 0. The zero-order valence-electron chi connectivity index (χ0n) is 12.8. The summed E-state index contributed by atoms with van der Waals surface area (Å²) in [6.45, 7) is 0.274. The van der Waals surface area contributed by atoms with Crippen molar-refractivity contribution in [2.24, 2.45) is 0 Å². The summed E-state index contributed by atoms with van der Waals surface area (Å²) in [6.07, 6.45) is 4.66. The Morgan fingerprint density at radius 2 is 2.00 bits per heavy atom. The molecule has 1 aromatic heterocycles. The first-order chi connectivity index (χ1) is 11.3. The van der Waals surface area contributed by atoms with Gasteiger partial charge in [-0.25, -0.2) is 0 Å². The fourth-order valence-corrected chi connectivity index (χ4v) is 4.24. The number of benzene rings is 1. The zero-order valence-corrected chi connectivity index (χ0v) is 13.7. The van der Waals surface area contributed by atoms with E-state index in [9.17, 15) is 4.79 Å². The van der Waals surface area contributed by atoms with Crippen LogP contribution >= 0.6 is 11.3 Å². The molecule has 1 saturated carbocycles. The zero-order chi connectivity index (χ0) is 15.7. The minimum atomic E-state index is -0.269. The first kappa shape index (κ1) is 14.6. The third-order valence-corrected chi connectivity index (χ3v) is 5.55. The van der Waals surface area contributed by atoms with Crippen LogP contribution in [0.25, 0.3) is 0 Å². The first-order valence-corrected chi connectivity index (χ1v) is 8.87. The minimum absolute atomic E-state index is 0.0898. The highest BCUT2D eigenvalue weighted by molar-refractivity contribution is 7.10. The molecule has 0 atom stereocenters. The summed E-state index contributed by atoms with van der Waals surface area (Å²) in [5.74, 6) is 1.65. The number of carbonyl (C=O) groups excluding carboxylic acids is 1. The van der Waals surface area contributed by atoms with Gasteiger partial charge in [0.25, 0.3) is 0 Å². The van der Waals surface area contributed by atoms with Crippen LogP contribution in [-0.4, -0.2) is 12.7 Å². The lowest BCUT2D eigenvalue weighted by atomic mass is 9.87. The van der Waals surface area contributed by atoms with Gasteiger partial charge >= 0.3 is 0 Å². The molecule has 23 heavy (non-hydrogen) atoms. The van der Waals surface area contributed by atoms with Crippen molar-refractivity contribution in [3.8, 4) is 11.5 Å². The lowest BCUT2D eigenvalue weighted by Gasteiger charge is -2.31. The molecule has 1 aromatic carbocycles. The molecule has 5 heteroatoms. The van der Waals surface area contributed by atoms with E-state index in [2.05, 4.69) is 11.4 Å². The standard InChI is InChI=1S/C18H19NO3S/c20-17(11-14-4-3-9-23-14)19-18(7-1-2-8-18)13-5-6-15-16(10-13)22-12-21-15/h3-6,9-10H,1-2,7-8,11-12H2,(H,19,20). The second-order valence-corrected chi connectivity index (χ2v) is 7.19. The van der Waals surface area contributed by atoms with Crippen LogP contribution in [0, 0.1) is 0 Å². The fraction of sp³-hybridized carbons (Fsp3) is 0.389. The van der Waals surface area contributed by atoms with Gasteiger partial charge in [-0.15, -0.1) is 11.3 Å². The smallest absolute Gasteiger partial charge is 0.231 e. The maximum Gasteiger partial charge on any atom is 0.231 e. The molecule has 2 aliphatic rings. The maximum absolute atomic E-state index is 12.5. The largest absolute Gasteiger partial charge is 0.454 e. The average molecular weight is 329 g/mol. The third-order valence-electron chi connectivity index (χ3n) is 4.68. The SMILES string of the molecule is O=C(Cc1cccs1)NC1(c2ccc3c(c2)OCO3)CCCC1. The number of rotatable bonds is 4. The quantitative estimate of drug-likeness (QED) is 0.932. The Labute approximate surface area is 139 Å². The van der Waals surface area contributed by atoms with Crippen LogP contribution in [-0.2, 0) is 16.8 Å². The van der Waals surface area contributed by atoms with Crippen molar-refractivity contribution in [3.05, 3.63) is 46.2 Å². The van der Waals surface area contributed by atoms with Crippen molar-refractivity contribution in [1.82, 2.24) is 5.32 Å². The Bertz CT molecular complexity index is 705. The van der Waals surface area contributed by atoms with Crippen molar-refractivity contribution >= 4 is 17.2 Å². The van der Waals surface area contributed by atoms with Crippen molar-refractivity contribution < 1.29 is 14.3 Å². The molecule has 1 aliphatic carbocycles. The van der Waals surface area contributed by atoms with Gasteiger partial charge in [0.05, 0.1) is 12.0 Å². The van der Waals surface area contributed by atoms with Gasteiger partial charge < -0.3 is 14.8 Å². The number of hydrogen-bond donors (Lipinski definition) is 1. The number of nitrogens with one attached hydrogen (secondary N) is 1. The Hall–Kier alpha value is -2.01. The molecule has 0 unspecified atom stereocenters. The summed E-state index contributed by atoms with van der Waals surface area (Å²) in [5.41, 5.74) is 0.855. The van der Waals surface area contributed by atoms with E-state index in [0.29, 0.717) is 6.42 Å². The summed E-state index contributed by atoms with van der Waals surface area (Å²) in [4.78, 5) is 13.6. The molecule has 120 valence electrons. The maximum atomic E-state index is 12.5. The van der Waals surface area contributed by atoms with Crippen LogP contribution < -0.4 is 14.8 Å². The average Bonchev–Trinajstić information content (AvgIpc) is 3.28. The van der Waals surface area contributed by atoms with Crippen LogP contribution in [0.1, 0.15) is 36.1 Å². The van der Waals surface area contributed by atoms with Crippen LogP contribution in [0.15, 0.2) is 35.7 Å². The number of fused-ring (bicyclic) bond motifs is 1. The van der Waals surface area contributed by atoms with Crippen molar-refractivity contribution in [2.75, 3.05) is 6.79 Å². The molecule has 0 radical (unpaired) electrons. The topological polar surface area (TPSA) is 47.6 Å². The van der Waals surface area contributed by atoms with Crippen LogP contribution in [0.4, 0.5) is 0 Å². The van der Waals surface area contributed by atoms with E-state index in [1.165, 1.54) is 0 Å². The number of carbonyl (C=O) groups is 1. The predicted molar refractivity (Wildman–Crippen MR) is 88.9 cm³/mol. The molecule has 1 N–H and O–H groups in total.